The Morgan fingerprint density at radius 1 is 1.37 bits per heavy atom. The van der Waals surface area contributed by atoms with Crippen LogP contribution in [0.3, 0.4) is 0 Å². The van der Waals surface area contributed by atoms with Gasteiger partial charge >= 0.3 is 0 Å². The molecule has 1 fully saturated rings. The lowest BCUT2D eigenvalue weighted by atomic mass is 9.64. The van der Waals surface area contributed by atoms with E-state index < -0.39 is 6.10 Å². The molecule has 0 radical (unpaired) electrons. The van der Waals surface area contributed by atoms with Gasteiger partial charge in [-0.15, -0.1) is 0 Å². The monoisotopic (exact) mass is 265 g/mol. The molecule has 106 valence electrons. The topological polar surface area (TPSA) is 61.7 Å². The maximum atomic E-state index is 9.87. The Morgan fingerprint density at radius 2 is 2.05 bits per heavy atom. The summed E-state index contributed by atoms with van der Waals surface area (Å²) in [4.78, 5) is 0. The molecule has 4 heteroatoms. The molecule has 3 unspecified atom stereocenters. The van der Waals surface area contributed by atoms with Crippen LogP contribution in [-0.4, -0.2) is 41.6 Å². The average molecular weight is 265 g/mol. The first-order chi connectivity index (χ1) is 9.00. The molecular weight excluding hydrogens is 242 g/mol. The molecule has 0 amide bonds. The molecule has 0 aromatic heterocycles. The zero-order valence-electron chi connectivity index (χ0n) is 11.5. The van der Waals surface area contributed by atoms with Crippen LogP contribution in [0, 0.1) is 5.41 Å². The van der Waals surface area contributed by atoms with Gasteiger partial charge in [-0.05, 0) is 18.6 Å². The number of rotatable bonds is 6. The van der Waals surface area contributed by atoms with Gasteiger partial charge < -0.3 is 20.3 Å². The van der Waals surface area contributed by atoms with Crippen molar-refractivity contribution >= 4 is 0 Å². The van der Waals surface area contributed by atoms with E-state index >= 15 is 0 Å². The fraction of sp³-hybridized carbons (Fsp3) is 0.600. The molecule has 1 aliphatic carbocycles. The van der Waals surface area contributed by atoms with Crippen LogP contribution in [0.2, 0.25) is 0 Å². The minimum atomic E-state index is -0.547. The predicted molar refractivity (Wildman–Crippen MR) is 74.1 cm³/mol. The second-order valence-corrected chi connectivity index (χ2v) is 5.81. The van der Waals surface area contributed by atoms with Gasteiger partial charge in [0.05, 0.1) is 6.10 Å². The summed E-state index contributed by atoms with van der Waals surface area (Å²) in [6.07, 6.45) is -0.0457. The van der Waals surface area contributed by atoms with E-state index in [1.807, 2.05) is 44.2 Å². The third-order valence-corrected chi connectivity index (χ3v) is 4.00. The lowest BCUT2D eigenvalue weighted by molar-refractivity contribution is -0.0755. The summed E-state index contributed by atoms with van der Waals surface area (Å²) in [6.45, 7) is 4.82. The fourth-order valence-electron chi connectivity index (χ4n) is 2.30. The van der Waals surface area contributed by atoms with Crippen molar-refractivity contribution in [2.75, 3.05) is 13.2 Å². The number of benzene rings is 1. The van der Waals surface area contributed by atoms with Crippen LogP contribution < -0.4 is 10.1 Å². The Kier molecular flexibility index (Phi) is 4.45. The van der Waals surface area contributed by atoms with E-state index in [0.717, 1.165) is 12.2 Å². The Hall–Kier alpha value is -1.10. The summed E-state index contributed by atoms with van der Waals surface area (Å²) in [5.41, 5.74) is -0.111. The number of aliphatic hydroxyl groups excluding tert-OH is 2. The van der Waals surface area contributed by atoms with Gasteiger partial charge in [-0.3, -0.25) is 0 Å². The Balaban J connectivity index is 1.67. The van der Waals surface area contributed by atoms with E-state index in [4.69, 9.17) is 4.74 Å². The third kappa shape index (κ3) is 3.47. The van der Waals surface area contributed by atoms with Crippen LogP contribution in [-0.2, 0) is 0 Å². The molecular formula is C15H23NO3. The first kappa shape index (κ1) is 14.3. The minimum Gasteiger partial charge on any atom is -0.491 e. The molecule has 1 saturated carbocycles. The molecule has 3 N–H and O–H groups in total. The second kappa shape index (κ2) is 5.90. The van der Waals surface area contributed by atoms with Gasteiger partial charge in [0.25, 0.3) is 0 Å². The van der Waals surface area contributed by atoms with Crippen molar-refractivity contribution in [2.45, 2.75) is 38.5 Å². The standard InChI is InChI=1S/C15H23NO3/c1-15(2)13(8-14(15)18)16-9-11(17)10-19-12-6-4-3-5-7-12/h3-7,11,13-14,16-18H,8-10H2,1-2H3. The summed E-state index contributed by atoms with van der Waals surface area (Å²) < 4.78 is 5.49. The van der Waals surface area contributed by atoms with Crippen molar-refractivity contribution in [3.63, 3.8) is 0 Å². The SMILES string of the molecule is CC1(C)C(O)CC1NCC(O)COc1ccccc1. The van der Waals surface area contributed by atoms with Crippen molar-refractivity contribution in [1.29, 1.82) is 0 Å². The number of aliphatic hydroxyl groups is 2. The van der Waals surface area contributed by atoms with Crippen LogP contribution >= 0.6 is 0 Å². The maximum Gasteiger partial charge on any atom is 0.119 e. The van der Waals surface area contributed by atoms with Crippen LogP contribution in [0.5, 0.6) is 5.75 Å². The Morgan fingerprint density at radius 3 is 2.63 bits per heavy atom. The average Bonchev–Trinajstić information content (AvgIpc) is 2.42. The normalized spacial score (nSPS) is 26.5. The van der Waals surface area contributed by atoms with Gasteiger partial charge in [0.1, 0.15) is 18.5 Å². The van der Waals surface area contributed by atoms with Crippen molar-refractivity contribution in [1.82, 2.24) is 5.32 Å². The summed E-state index contributed by atoms with van der Waals surface area (Å²) in [5, 5.41) is 22.8. The van der Waals surface area contributed by atoms with E-state index in [0.29, 0.717) is 6.54 Å². The third-order valence-electron chi connectivity index (χ3n) is 4.00. The smallest absolute Gasteiger partial charge is 0.119 e. The minimum absolute atomic E-state index is 0.111. The van der Waals surface area contributed by atoms with Crippen LogP contribution in [0.1, 0.15) is 20.3 Å². The van der Waals surface area contributed by atoms with E-state index in [-0.39, 0.29) is 24.2 Å². The molecule has 0 aliphatic heterocycles. The first-order valence-corrected chi connectivity index (χ1v) is 6.77. The van der Waals surface area contributed by atoms with Crippen LogP contribution in [0.25, 0.3) is 0 Å². The van der Waals surface area contributed by atoms with Gasteiger partial charge in [-0.25, -0.2) is 0 Å². The molecule has 3 atom stereocenters. The highest BCUT2D eigenvalue weighted by molar-refractivity contribution is 5.20. The lowest BCUT2D eigenvalue weighted by Gasteiger charge is -2.49. The maximum absolute atomic E-state index is 9.87. The largest absolute Gasteiger partial charge is 0.491 e. The predicted octanol–water partition coefficient (Wildman–Crippen LogP) is 1.18. The molecule has 0 saturated heterocycles. The Labute approximate surface area is 114 Å². The van der Waals surface area contributed by atoms with Crippen molar-refractivity contribution in [2.24, 2.45) is 5.41 Å². The summed E-state index contributed by atoms with van der Waals surface area (Å²) in [5.74, 6) is 0.765. The number of hydrogen-bond donors (Lipinski definition) is 3. The van der Waals surface area contributed by atoms with Gasteiger partial charge in [-0.1, -0.05) is 32.0 Å². The highest BCUT2D eigenvalue weighted by Crippen LogP contribution is 2.40. The van der Waals surface area contributed by atoms with E-state index in [2.05, 4.69) is 5.32 Å². The molecule has 19 heavy (non-hydrogen) atoms. The van der Waals surface area contributed by atoms with Gasteiger partial charge in [0, 0.05) is 18.0 Å². The quantitative estimate of drug-likeness (QED) is 0.723. The molecule has 2 rings (SSSR count). The van der Waals surface area contributed by atoms with Crippen LogP contribution in [0.15, 0.2) is 30.3 Å². The fourth-order valence-corrected chi connectivity index (χ4v) is 2.30. The second-order valence-electron chi connectivity index (χ2n) is 5.81. The van der Waals surface area contributed by atoms with Gasteiger partial charge in [0.15, 0.2) is 0 Å². The van der Waals surface area contributed by atoms with E-state index in [1.54, 1.807) is 0 Å². The summed E-state index contributed by atoms with van der Waals surface area (Å²) in [7, 11) is 0. The first-order valence-electron chi connectivity index (χ1n) is 6.77. The summed E-state index contributed by atoms with van der Waals surface area (Å²) in [6, 6.07) is 9.72. The molecule has 0 spiro atoms. The number of nitrogens with one attached hydrogen (secondary N) is 1. The number of para-hydroxylation sites is 1. The van der Waals surface area contributed by atoms with Gasteiger partial charge in [0.2, 0.25) is 0 Å². The zero-order chi connectivity index (χ0) is 13.9. The highest BCUT2D eigenvalue weighted by atomic mass is 16.5. The van der Waals surface area contributed by atoms with Crippen molar-refractivity contribution in [3.8, 4) is 5.75 Å². The summed E-state index contributed by atoms with van der Waals surface area (Å²) >= 11 is 0. The lowest BCUT2D eigenvalue weighted by Crippen LogP contribution is -2.61. The molecule has 1 aromatic carbocycles. The van der Waals surface area contributed by atoms with Crippen LogP contribution in [0.4, 0.5) is 0 Å². The van der Waals surface area contributed by atoms with Crippen molar-refractivity contribution < 1.29 is 14.9 Å². The molecule has 1 aliphatic rings. The van der Waals surface area contributed by atoms with E-state index in [9.17, 15) is 10.2 Å². The molecule has 4 nitrogen and oxygen atoms in total. The van der Waals surface area contributed by atoms with Crippen molar-refractivity contribution in [3.05, 3.63) is 30.3 Å². The molecule has 0 heterocycles. The molecule has 1 aromatic rings. The number of ether oxygens (including phenoxy) is 1. The zero-order valence-corrected chi connectivity index (χ0v) is 11.5. The Bertz CT molecular complexity index is 394. The van der Waals surface area contributed by atoms with Gasteiger partial charge in [-0.2, -0.15) is 0 Å². The highest BCUT2D eigenvalue weighted by Gasteiger charge is 2.46. The number of hydrogen-bond acceptors (Lipinski definition) is 4. The molecule has 0 bridgehead atoms. The van der Waals surface area contributed by atoms with E-state index in [1.165, 1.54) is 0 Å².